The van der Waals surface area contributed by atoms with Gasteiger partial charge in [0.2, 0.25) is 0 Å². The molecule has 32 heavy (non-hydrogen) atoms. The molecular formula is C26H33NO5. The van der Waals surface area contributed by atoms with Crippen molar-refractivity contribution in [1.82, 2.24) is 4.98 Å². The van der Waals surface area contributed by atoms with Crippen LogP contribution in [0.3, 0.4) is 0 Å². The van der Waals surface area contributed by atoms with Crippen LogP contribution < -0.4 is 19.6 Å². The van der Waals surface area contributed by atoms with E-state index in [1.54, 1.807) is 13.2 Å². The van der Waals surface area contributed by atoms with Crippen molar-refractivity contribution in [2.45, 2.75) is 40.2 Å². The monoisotopic (exact) mass is 439 g/mol. The summed E-state index contributed by atoms with van der Waals surface area (Å²) in [5, 5.41) is 0.610. The van der Waals surface area contributed by atoms with E-state index in [9.17, 15) is 4.79 Å². The van der Waals surface area contributed by atoms with Gasteiger partial charge < -0.3 is 23.9 Å². The molecule has 0 bridgehead atoms. The fraction of sp³-hybridized carbons (Fsp3) is 0.423. The summed E-state index contributed by atoms with van der Waals surface area (Å²) in [6.45, 7) is 8.39. The Morgan fingerprint density at radius 2 is 1.72 bits per heavy atom. The number of nitrogens with one attached hydrogen (secondary N) is 1. The van der Waals surface area contributed by atoms with Crippen LogP contribution in [0.1, 0.15) is 37.9 Å². The van der Waals surface area contributed by atoms with E-state index in [0.717, 1.165) is 43.0 Å². The van der Waals surface area contributed by atoms with Gasteiger partial charge in [-0.25, -0.2) is 0 Å². The third-order valence-corrected chi connectivity index (χ3v) is 5.57. The van der Waals surface area contributed by atoms with E-state index in [2.05, 4.69) is 4.98 Å². The molecular weight excluding hydrogens is 406 g/mol. The van der Waals surface area contributed by atoms with Crippen molar-refractivity contribution in [3.63, 3.8) is 0 Å². The van der Waals surface area contributed by atoms with Gasteiger partial charge in [0.1, 0.15) is 23.9 Å². The third-order valence-electron chi connectivity index (χ3n) is 5.57. The third kappa shape index (κ3) is 5.82. The number of hydrogen-bond acceptors (Lipinski definition) is 5. The van der Waals surface area contributed by atoms with Gasteiger partial charge in [0.15, 0.2) is 5.43 Å². The Labute approximate surface area is 189 Å². The second-order valence-electron chi connectivity index (χ2n) is 7.60. The van der Waals surface area contributed by atoms with Crippen molar-refractivity contribution < 1.29 is 18.9 Å². The molecule has 1 fully saturated rings. The number of pyridine rings is 1. The first-order chi connectivity index (χ1) is 15.6. The molecule has 1 saturated heterocycles. The number of rotatable bonds is 7. The molecule has 1 aliphatic rings. The number of H-pyrrole nitrogens is 1. The van der Waals surface area contributed by atoms with Crippen molar-refractivity contribution in [2.75, 3.05) is 26.9 Å². The fourth-order valence-corrected chi connectivity index (χ4v) is 3.62. The molecule has 0 saturated carbocycles. The lowest BCUT2D eigenvalue weighted by Gasteiger charge is -2.22. The van der Waals surface area contributed by atoms with Crippen molar-refractivity contribution in [3.05, 3.63) is 63.9 Å². The van der Waals surface area contributed by atoms with Crippen LogP contribution in [0.5, 0.6) is 17.2 Å². The summed E-state index contributed by atoms with van der Waals surface area (Å²) in [5.74, 6) is 2.69. The zero-order chi connectivity index (χ0) is 22.9. The number of methoxy groups -OCH3 is 1. The van der Waals surface area contributed by atoms with E-state index in [1.165, 1.54) is 0 Å². The van der Waals surface area contributed by atoms with Crippen molar-refractivity contribution >= 4 is 10.9 Å². The van der Waals surface area contributed by atoms with Gasteiger partial charge in [-0.2, -0.15) is 0 Å². The second-order valence-corrected chi connectivity index (χ2v) is 7.60. The summed E-state index contributed by atoms with van der Waals surface area (Å²) in [4.78, 5) is 16.1. The minimum absolute atomic E-state index is 0.0187. The SMILES string of the molecule is CC.COc1ccc2[nH]c(COc3cccc(OCC4CCOCC4)c3)c(C)c(=O)c2c1. The van der Waals surface area contributed by atoms with Crippen LogP contribution in [0.15, 0.2) is 47.3 Å². The van der Waals surface area contributed by atoms with E-state index < -0.39 is 0 Å². The molecule has 0 atom stereocenters. The summed E-state index contributed by atoms with van der Waals surface area (Å²) in [6.07, 6.45) is 2.08. The van der Waals surface area contributed by atoms with Crippen molar-refractivity contribution in [2.24, 2.45) is 5.92 Å². The first-order valence-electron chi connectivity index (χ1n) is 11.3. The quantitative estimate of drug-likeness (QED) is 0.544. The Morgan fingerprint density at radius 1 is 1.00 bits per heavy atom. The topological polar surface area (TPSA) is 69.8 Å². The van der Waals surface area contributed by atoms with E-state index in [4.69, 9.17) is 18.9 Å². The minimum Gasteiger partial charge on any atom is -0.497 e. The maximum atomic E-state index is 12.8. The van der Waals surface area contributed by atoms with Crippen LogP contribution >= 0.6 is 0 Å². The molecule has 3 aromatic rings. The number of aromatic nitrogens is 1. The average Bonchev–Trinajstić information content (AvgIpc) is 2.86. The largest absolute Gasteiger partial charge is 0.497 e. The van der Waals surface area contributed by atoms with Crippen LogP contribution in [0.2, 0.25) is 0 Å². The highest BCUT2D eigenvalue weighted by atomic mass is 16.5. The Kier molecular flexibility index (Phi) is 8.56. The van der Waals surface area contributed by atoms with Crippen LogP contribution in [0.4, 0.5) is 0 Å². The second kappa shape index (κ2) is 11.6. The predicted molar refractivity (Wildman–Crippen MR) is 127 cm³/mol. The Bertz CT molecular complexity index is 1070. The molecule has 1 aliphatic heterocycles. The van der Waals surface area contributed by atoms with Crippen LogP contribution in [-0.2, 0) is 11.3 Å². The number of benzene rings is 2. The predicted octanol–water partition coefficient (Wildman–Crippen LogP) is 5.26. The molecule has 0 spiro atoms. The lowest BCUT2D eigenvalue weighted by molar-refractivity contribution is 0.0497. The minimum atomic E-state index is -0.0187. The summed E-state index contributed by atoms with van der Waals surface area (Å²) in [7, 11) is 1.59. The first-order valence-corrected chi connectivity index (χ1v) is 11.3. The molecule has 1 aromatic heterocycles. The average molecular weight is 440 g/mol. The molecule has 2 aromatic carbocycles. The zero-order valence-electron chi connectivity index (χ0n) is 19.4. The van der Waals surface area contributed by atoms with Crippen molar-refractivity contribution in [1.29, 1.82) is 0 Å². The molecule has 0 unspecified atom stereocenters. The summed E-state index contributed by atoms with van der Waals surface area (Å²) in [5.41, 5.74) is 2.14. The highest BCUT2D eigenvalue weighted by Gasteiger charge is 2.15. The lowest BCUT2D eigenvalue weighted by atomic mass is 10.0. The zero-order valence-corrected chi connectivity index (χ0v) is 19.4. The van der Waals surface area contributed by atoms with Crippen LogP contribution in [0.25, 0.3) is 10.9 Å². The number of ether oxygens (including phenoxy) is 4. The molecule has 172 valence electrons. The van der Waals surface area contributed by atoms with Crippen molar-refractivity contribution in [3.8, 4) is 17.2 Å². The molecule has 0 radical (unpaired) electrons. The van der Waals surface area contributed by atoms with E-state index in [1.807, 2.05) is 57.2 Å². The fourth-order valence-electron chi connectivity index (χ4n) is 3.62. The van der Waals surface area contributed by atoms with E-state index >= 15 is 0 Å². The molecule has 1 N–H and O–H groups in total. The molecule has 6 nitrogen and oxygen atoms in total. The molecule has 0 aliphatic carbocycles. The van der Waals surface area contributed by atoms with Crippen LogP contribution in [0, 0.1) is 12.8 Å². The molecule has 2 heterocycles. The normalized spacial score (nSPS) is 13.9. The van der Waals surface area contributed by atoms with Gasteiger partial charge in [-0.3, -0.25) is 4.79 Å². The standard InChI is InChI=1S/C24H27NO5.C2H6/c1-16-23(25-22-7-6-18(27-2)13-21(22)24(16)26)15-30-20-5-3-4-19(12-20)29-14-17-8-10-28-11-9-17;1-2/h3-7,12-13,17H,8-11,14-15H2,1-2H3,(H,25,26);1-2H3. The summed E-state index contributed by atoms with van der Waals surface area (Å²) in [6, 6.07) is 13.1. The first kappa shape index (κ1) is 23.7. The number of aromatic amines is 1. The van der Waals surface area contributed by atoms with Gasteiger partial charge in [-0.15, -0.1) is 0 Å². The lowest BCUT2D eigenvalue weighted by Crippen LogP contribution is -2.21. The molecule has 0 amide bonds. The maximum absolute atomic E-state index is 12.8. The maximum Gasteiger partial charge on any atom is 0.192 e. The van der Waals surface area contributed by atoms with Gasteiger partial charge in [0.25, 0.3) is 0 Å². The van der Waals surface area contributed by atoms with E-state index in [0.29, 0.717) is 35.0 Å². The van der Waals surface area contributed by atoms with Gasteiger partial charge in [0, 0.05) is 35.7 Å². The summed E-state index contributed by atoms with van der Waals surface area (Å²) >= 11 is 0. The molecule has 6 heteroatoms. The summed E-state index contributed by atoms with van der Waals surface area (Å²) < 4.78 is 22.5. The van der Waals surface area contributed by atoms with E-state index in [-0.39, 0.29) is 12.0 Å². The number of fused-ring (bicyclic) bond motifs is 1. The van der Waals surface area contributed by atoms with Gasteiger partial charge >= 0.3 is 0 Å². The molecule has 4 rings (SSSR count). The Hall–Kier alpha value is -2.99. The highest BCUT2D eigenvalue weighted by Crippen LogP contribution is 2.24. The smallest absolute Gasteiger partial charge is 0.192 e. The van der Waals surface area contributed by atoms with Gasteiger partial charge in [-0.1, -0.05) is 19.9 Å². The van der Waals surface area contributed by atoms with Crippen LogP contribution in [-0.4, -0.2) is 31.9 Å². The van der Waals surface area contributed by atoms with Gasteiger partial charge in [0.05, 0.1) is 19.4 Å². The van der Waals surface area contributed by atoms with Gasteiger partial charge in [-0.05, 0) is 56.0 Å². The highest BCUT2D eigenvalue weighted by molar-refractivity contribution is 5.81. The Balaban J connectivity index is 0.00000141. The number of hydrogen-bond donors (Lipinski definition) is 1. The Morgan fingerprint density at radius 3 is 2.44 bits per heavy atom.